The zero-order valence-corrected chi connectivity index (χ0v) is 12.7. The minimum Gasteiger partial charge on any atom is -0.674 e. The Morgan fingerprint density at radius 1 is 1.31 bits per heavy atom. The summed E-state index contributed by atoms with van der Waals surface area (Å²) < 4.78 is 0. The van der Waals surface area contributed by atoms with Gasteiger partial charge < -0.3 is 10.6 Å². The molecule has 2 rings (SSSR count). The van der Waals surface area contributed by atoms with Gasteiger partial charge in [-0.3, -0.25) is 0 Å². The summed E-state index contributed by atoms with van der Waals surface area (Å²) in [5, 5.41) is 0. The van der Waals surface area contributed by atoms with Gasteiger partial charge in [0.05, 0.1) is 0 Å². The Morgan fingerprint density at radius 2 is 1.92 bits per heavy atom. The van der Waals surface area contributed by atoms with E-state index in [1.807, 2.05) is 13.8 Å². The van der Waals surface area contributed by atoms with Gasteiger partial charge in [0.2, 0.25) is 0 Å². The van der Waals surface area contributed by atoms with Crippen LogP contribution in [0.3, 0.4) is 0 Å². The van der Waals surface area contributed by atoms with Gasteiger partial charge in [0.1, 0.15) is 0 Å². The SMILES string of the molecule is CC.CN1CCC2(CCC2[NH-])C1.[K+]. The Labute approximate surface area is 125 Å². The molecule has 2 aliphatic rings. The summed E-state index contributed by atoms with van der Waals surface area (Å²) in [6, 6.07) is 0.262. The van der Waals surface area contributed by atoms with Gasteiger partial charge in [-0.2, -0.15) is 0 Å². The summed E-state index contributed by atoms with van der Waals surface area (Å²) in [4.78, 5) is 2.36. The molecule has 1 N–H and O–H groups in total. The predicted molar refractivity (Wildman–Crippen MR) is 53.2 cm³/mol. The minimum atomic E-state index is 0. The van der Waals surface area contributed by atoms with E-state index in [9.17, 15) is 0 Å². The summed E-state index contributed by atoms with van der Waals surface area (Å²) in [6.45, 7) is 6.40. The molecular weight excluding hydrogens is 187 g/mol. The molecule has 0 aromatic heterocycles. The molecule has 0 radical (unpaired) electrons. The summed E-state index contributed by atoms with van der Waals surface area (Å²) in [5.41, 5.74) is 8.16. The van der Waals surface area contributed by atoms with Crippen molar-refractivity contribution in [2.75, 3.05) is 20.1 Å². The summed E-state index contributed by atoms with van der Waals surface area (Å²) in [5.74, 6) is 0. The largest absolute Gasteiger partial charge is 1.00 e. The molecule has 1 aliphatic carbocycles. The van der Waals surface area contributed by atoms with Crippen molar-refractivity contribution in [2.45, 2.75) is 39.2 Å². The van der Waals surface area contributed by atoms with Gasteiger partial charge in [-0.25, -0.2) is 0 Å². The predicted octanol–water partition coefficient (Wildman–Crippen LogP) is -0.447. The molecule has 1 spiro atoms. The fourth-order valence-corrected chi connectivity index (χ4v) is 2.29. The molecule has 13 heavy (non-hydrogen) atoms. The van der Waals surface area contributed by atoms with Gasteiger partial charge in [0.15, 0.2) is 0 Å². The van der Waals surface area contributed by atoms with Crippen LogP contribution >= 0.6 is 0 Å². The molecule has 2 nitrogen and oxygen atoms in total. The molecule has 72 valence electrons. The average molecular weight is 208 g/mol. The molecular formula is C10H21KN2. The van der Waals surface area contributed by atoms with Crippen molar-refractivity contribution < 1.29 is 51.4 Å². The molecule has 1 saturated heterocycles. The fourth-order valence-electron chi connectivity index (χ4n) is 2.29. The van der Waals surface area contributed by atoms with Gasteiger partial charge in [-0.05, 0) is 31.8 Å². The van der Waals surface area contributed by atoms with Crippen LogP contribution < -0.4 is 51.4 Å². The number of hydrogen-bond acceptors (Lipinski definition) is 1. The Bertz CT molecular complexity index is 152. The van der Waals surface area contributed by atoms with Gasteiger partial charge >= 0.3 is 51.4 Å². The van der Waals surface area contributed by atoms with E-state index < -0.39 is 0 Å². The Hall–Kier alpha value is 1.56. The third-order valence-corrected chi connectivity index (χ3v) is 3.25. The molecule has 0 aromatic rings. The molecule has 2 atom stereocenters. The molecule has 2 unspecified atom stereocenters. The van der Waals surface area contributed by atoms with Crippen molar-refractivity contribution in [3.05, 3.63) is 5.73 Å². The van der Waals surface area contributed by atoms with Crippen LogP contribution in [0.5, 0.6) is 0 Å². The van der Waals surface area contributed by atoms with Crippen LogP contribution in [-0.4, -0.2) is 31.1 Å². The fraction of sp³-hybridized carbons (Fsp3) is 1.00. The number of hydrogen-bond donors (Lipinski definition) is 0. The van der Waals surface area contributed by atoms with E-state index in [1.165, 1.54) is 25.9 Å². The Kier molecular flexibility index (Phi) is 6.95. The zero-order valence-electron chi connectivity index (χ0n) is 9.56. The van der Waals surface area contributed by atoms with Crippen LogP contribution in [0.25, 0.3) is 5.73 Å². The number of nitrogens with zero attached hydrogens (tertiary/aromatic N) is 1. The third-order valence-electron chi connectivity index (χ3n) is 3.25. The number of nitrogens with one attached hydrogen (secondary N) is 1. The van der Waals surface area contributed by atoms with E-state index >= 15 is 0 Å². The third kappa shape index (κ3) is 3.00. The molecule has 2 fully saturated rings. The van der Waals surface area contributed by atoms with Crippen LogP contribution in [0.15, 0.2) is 0 Å². The van der Waals surface area contributed by atoms with Crippen LogP contribution in [-0.2, 0) is 0 Å². The van der Waals surface area contributed by atoms with E-state index in [-0.39, 0.29) is 57.4 Å². The van der Waals surface area contributed by atoms with E-state index in [1.54, 1.807) is 0 Å². The van der Waals surface area contributed by atoms with E-state index in [2.05, 4.69) is 11.9 Å². The second-order valence-electron chi connectivity index (χ2n) is 3.94. The smallest absolute Gasteiger partial charge is 0.674 e. The summed E-state index contributed by atoms with van der Waals surface area (Å²) in [7, 11) is 2.17. The Balaban J connectivity index is 0.000000451. The molecule has 0 amide bonds. The molecule has 3 heteroatoms. The van der Waals surface area contributed by atoms with Crippen molar-refractivity contribution in [3.63, 3.8) is 0 Å². The normalized spacial score (nSPS) is 37.4. The van der Waals surface area contributed by atoms with Crippen LogP contribution in [0.4, 0.5) is 0 Å². The maximum atomic E-state index is 7.72. The molecule has 1 heterocycles. The first-order valence-corrected chi connectivity index (χ1v) is 5.13. The second-order valence-corrected chi connectivity index (χ2v) is 3.94. The zero-order chi connectivity index (χ0) is 9.19. The maximum absolute atomic E-state index is 7.72. The number of likely N-dealkylation sites (tertiary alicyclic amines) is 1. The number of rotatable bonds is 0. The molecule has 1 aliphatic heterocycles. The van der Waals surface area contributed by atoms with Crippen LogP contribution in [0, 0.1) is 5.41 Å². The van der Waals surface area contributed by atoms with Crippen LogP contribution in [0.1, 0.15) is 33.1 Å². The van der Waals surface area contributed by atoms with Crippen molar-refractivity contribution in [1.82, 2.24) is 4.90 Å². The standard InChI is InChI=1S/C8H15N2.C2H6.K/c1-10-5-4-8(6-10)3-2-7(8)9;1-2;/h7,9H,2-6H2,1H3;1-2H3;/q-1;;+1. The van der Waals surface area contributed by atoms with Gasteiger partial charge in [0, 0.05) is 6.54 Å². The Morgan fingerprint density at radius 3 is 2.08 bits per heavy atom. The van der Waals surface area contributed by atoms with Crippen molar-refractivity contribution in [1.29, 1.82) is 0 Å². The van der Waals surface area contributed by atoms with E-state index in [4.69, 9.17) is 5.73 Å². The van der Waals surface area contributed by atoms with Crippen molar-refractivity contribution in [3.8, 4) is 0 Å². The molecule has 1 saturated carbocycles. The first-order chi connectivity index (χ1) is 5.73. The van der Waals surface area contributed by atoms with Gasteiger partial charge in [-0.1, -0.05) is 20.3 Å². The van der Waals surface area contributed by atoms with Gasteiger partial charge in [-0.15, -0.1) is 6.04 Å². The summed E-state index contributed by atoms with van der Waals surface area (Å²) >= 11 is 0. The first kappa shape index (κ1) is 14.6. The van der Waals surface area contributed by atoms with E-state index in [0.717, 1.165) is 6.42 Å². The molecule has 0 aromatic carbocycles. The average Bonchev–Trinajstić information content (AvgIpc) is 2.51. The minimum absolute atomic E-state index is 0. The first-order valence-electron chi connectivity index (χ1n) is 5.13. The van der Waals surface area contributed by atoms with Crippen molar-refractivity contribution >= 4 is 0 Å². The monoisotopic (exact) mass is 208 g/mol. The quantitative estimate of drug-likeness (QED) is 0.496. The second kappa shape index (κ2) is 6.21. The maximum Gasteiger partial charge on any atom is 1.00 e. The van der Waals surface area contributed by atoms with Gasteiger partial charge in [0.25, 0.3) is 0 Å². The topological polar surface area (TPSA) is 27.0 Å². The van der Waals surface area contributed by atoms with E-state index in [0.29, 0.717) is 5.41 Å². The molecule has 0 bridgehead atoms. The van der Waals surface area contributed by atoms with Crippen molar-refractivity contribution in [2.24, 2.45) is 5.41 Å². The summed E-state index contributed by atoms with van der Waals surface area (Å²) in [6.07, 6.45) is 3.73. The van der Waals surface area contributed by atoms with Crippen LogP contribution in [0.2, 0.25) is 0 Å².